The molecule has 0 saturated heterocycles. The van der Waals surface area contributed by atoms with Crippen LogP contribution in [-0.2, 0) is 9.59 Å². The second kappa shape index (κ2) is 7.26. The molecule has 0 fully saturated rings. The maximum atomic E-state index is 12.1. The van der Waals surface area contributed by atoms with Gasteiger partial charge in [0.1, 0.15) is 0 Å². The first-order valence-electron chi connectivity index (χ1n) is 6.88. The predicted molar refractivity (Wildman–Crippen MR) is 83.9 cm³/mol. The van der Waals surface area contributed by atoms with E-state index in [4.69, 9.17) is 17.3 Å². The van der Waals surface area contributed by atoms with E-state index in [0.717, 1.165) is 0 Å². The Hall–Kier alpha value is -2.08. The van der Waals surface area contributed by atoms with Crippen molar-refractivity contribution in [1.29, 1.82) is 0 Å². The number of carbonyl (C=O) groups is 3. The highest BCUT2D eigenvalue weighted by Crippen LogP contribution is 2.31. The highest BCUT2D eigenvalue weighted by atomic mass is 35.5. The summed E-state index contributed by atoms with van der Waals surface area (Å²) in [6.45, 7) is 3.48. The van der Waals surface area contributed by atoms with Crippen molar-refractivity contribution in [2.24, 2.45) is 11.1 Å². The van der Waals surface area contributed by atoms with Crippen LogP contribution in [0, 0.1) is 5.41 Å². The molecule has 0 unspecified atom stereocenters. The van der Waals surface area contributed by atoms with Gasteiger partial charge in [0.2, 0.25) is 11.8 Å². The molecule has 4 N–H and O–H groups in total. The maximum Gasteiger partial charge on any atom is 0.310 e. The summed E-state index contributed by atoms with van der Waals surface area (Å²) < 4.78 is 0. The Labute approximate surface area is 133 Å². The Balaban J connectivity index is 2.87. The highest BCUT2D eigenvalue weighted by Gasteiger charge is 2.37. The molecule has 0 heterocycles. The van der Waals surface area contributed by atoms with Crippen molar-refractivity contribution < 1.29 is 19.5 Å². The van der Waals surface area contributed by atoms with Crippen LogP contribution < -0.4 is 11.1 Å². The fourth-order valence-corrected chi connectivity index (χ4v) is 2.46. The van der Waals surface area contributed by atoms with Crippen molar-refractivity contribution in [3.8, 4) is 0 Å². The van der Waals surface area contributed by atoms with E-state index in [1.54, 1.807) is 13.8 Å². The van der Waals surface area contributed by atoms with Gasteiger partial charge in [0.15, 0.2) is 0 Å². The molecule has 0 aliphatic rings. The van der Waals surface area contributed by atoms with E-state index < -0.39 is 23.2 Å². The number of benzene rings is 1. The number of aliphatic carboxylic acids is 1. The minimum atomic E-state index is -1.08. The van der Waals surface area contributed by atoms with Crippen LogP contribution in [-0.4, -0.2) is 22.9 Å². The number of amides is 2. The number of halogens is 1. The number of anilines is 1. The standard InChI is InChI=1S/C15H19ClN2O4/c1-3-15(4-2,14(21)22)8-12(19)18-9-5-6-10(13(17)20)11(16)7-9/h5-7H,3-4,8H2,1-2H3,(H2,17,20)(H,18,19)(H,21,22). The summed E-state index contributed by atoms with van der Waals surface area (Å²) in [7, 11) is 0. The Bertz CT molecular complexity index is 597. The lowest BCUT2D eigenvalue weighted by molar-refractivity contribution is -0.151. The number of carboxylic acid groups (broad SMARTS) is 1. The molecule has 0 saturated carbocycles. The molecule has 1 aromatic carbocycles. The molecule has 0 aromatic heterocycles. The van der Waals surface area contributed by atoms with Crippen LogP contribution >= 0.6 is 11.6 Å². The third-order valence-electron chi connectivity index (χ3n) is 3.82. The summed E-state index contributed by atoms with van der Waals surface area (Å²) in [5, 5.41) is 12.0. The third-order valence-corrected chi connectivity index (χ3v) is 4.14. The van der Waals surface area contributed by atoms with E-state index in [-0.39, 0.29) is 17.0 Å². The molecule has 1 rings (SSSR count). The quantitative estimate of drug-likeness (QED) is 0.715. The van der Waals surface area contributed by atoms with E-state index in [2.05, 4.69) is 5.32 Å². The number of rotatable bonds is 7. The first kappa shape index (κ1) is 18.0. The van der Waals surface area contributed by atoms with Gasteiger partial charge < -0.3 is 16.2 Å². The molecule has 22 heavy (non-hydrogen) atoms. The van der Waals surface area contributed by atoms with Gasteiger partial charge in [-0.15, -0.1) is 0 Å². The zero-order valence-electron chi connectivity index (χ0n) is 12.5. The topological polar surface area (TPSA) is 109 Å². The Morgan fingerprint density at radius 3 is 2.27 bits per heavy atom. The second-order valence-electron chi connectivity index (χ2n) is 5.08. The first-order chi connectivity index (χ1) is 10.3. The minimum absolute atomic E-state index is 0.126. The van der Waals surface area contributed by atoms with Gasteiger partial charge in [-0.3, -0.25) is 14.4 Å². The molecule has 0 aliphatic heterocycles. The second-order valence-corrected chi connectivity index (χ2v) is 5.48. The maximum absolute atomic E-state index is 12.1. The van der Waals surface area contributed by atoms with Crippen molar-refractivity contribution in [2.45, 2.75) is 33.1 Å². The fourth-order valence-electron chi connectivity index (χ4n) is 2.18. The van der Waals surface area contributed by atoms with Gasteiger partial charge in [0, 0.05) is 12.1 Å². The lowest BCUT2D eigenvalue weighted by atomic mass is 9.79. The lowest BCUT2D eigenvalue weighted by Crippen LogP contribution is -2.34. The van der Waals surface area contributed by atoms with Crippen molar-refractivity contribution in [2.75, 3.05) is 5.32 Å². The molecule has 0 radical (unpaired) electrons. The van der Waals surface area contributed by atoms with Crippen molar-refractivity contribution >= 4 is 35.1 Å². The number of primary amides is 1. The Kier molecular flexibility index (Phi) is 5.93. The van der Waals surface area contributed by atoms with Crippen molar-refractivity contribution in [3.63, 3.8) is 0 Å². The van der Waals surface area contributed by atoms with E-state index in [0.29, 0.717) is 18.5 Å². The predicted octanol–water partition coefficient (Wildman–Crippen LogP) is 2.66. The zero-order valence-corrected chi connectivity index (χ0v) is 13.2. The molecular formula is C15H19ClN2O4. The van der Waals surface area contributed by atoms with Crippen LogP contribution in [0.2, 0.25) is 5.02 Å². The minimum Gasteiger partial charge on any atom is -0.481 e. The molecule has 0 atom stereocenters. The summed E-state index contributed by atoms with van der Waals surface area (Å²) in [6, 6.07) is 4.30. The van der Waals surface area contributed by atoms with Gasteiger partial charge >= 0.3 is 5.97 Å². The number of hydrogen-bond donors (Lipinski definition) is 3. The van der Waals surface area contributed by atoms with Gasteiger partial charge in [-0.2, -0.15) is 0 Å². The number of carboxylic acids is 1. The van der Waals surface area contributed by atoms with Crippen LogP contribution in [0.4, 0.5) is 5.69 Å². The Morgan fingerprint density at radius 1 is 1.27 bits per heavy atom. The summed E-state index contributed by atoms with van der Waals surface area (Å²) in [4.78, 5) is 34.5. The summed E-state index contributed by atoms with van der Waals surface area (Å²) in [5.74, 6) is -2.08. The first-order valence-corrected chi connectivity index (χ1v) is 7.26. The highest BCUT2D eigenvalue weighted by molar-refractivity contribution is 6.34. The molecule has 0 spiro atoms. The number of nitrogens with two attached hydrogens (primary N) is 1. The molecule has 7 heteroatoms. The van der Waals surface area contributed by atoms with Crippen molar-refractivity contribution in [3.05, 3.63) is 28.8 Å². The summed E-state index contributed by atoms with van der Waals surface area (Å²) in [6.07, 6.45) is 0.575. The van der Waals surface area contributed by atoms with Gasteiger partial charge in [0.05, 0.1) is 16.0 Å². The average Bonchev–Trinajstić information content (AvgIpc) is 2.44. The zero-order chi connectivity index (χ0) is 16.9. The number of hydrogen-bond acceptors (Lipinski definition) is 3. The van der Waals surface area contributed by atoms with E-state index in [1.807, 2.05) is 0 Å². The normalized spacial score (nSPS) is 11.0. The largest absolute Gasteiger partial charge is 0.481 e. The molecule has 120 valence electrons. The SMILES string of the molecule is CCC(CC)(CC(=O)Nc1ccc(C(N)=O)c(Cl)c1)C(=O)O. The summed E-state index contributed by atoms with van der Waals surface area (Å²) >= 11 is 5.90. The van der Waals surface area contributed by atoms with E-state index in [1.165, 1.54) is 18.2 Å². The van der Waals surface area contributed by atoms with E-state index in [9.17, 15) is 19.5 Å². The molecule has 0 bridgehead atoms. The van der Waals surface area contributed by atoms with Gasteiger partial charge in [-0.1, -0.05) is 25.4 Å². The monoisotopic (exact) mass is 326 g/mol. The average molecular weight is 327 g/mol. The lowest BCUT2D eigenvalue weighted by Gasteiger charge is -2.25. The van der Waals surface area contributed by atoms with Gasteiger partial charge in [-0.05, 0) is 31.0 Å². The molecular weight excluding hydrogens is 308 g/mol. The molecule has 1 aromatic rings. The fraction of sp³-hybridized carbons (Fsp3) is 0.400. The number of nitrogens with one attached hydrogen (secondary N) is 1. The van der Waals surface area contributed by atoms with Crippen LogP contribution in [0.1, 0.15) is 43.5 Å². The summed E-state index contributed by atoms with van der Waals surface area (Å²) in [5.41, 5.74) is 4.60. The van der Waals surface area contributed by atoms with Gasteiger partial charge in [-0.25, -0.2) is 0 Å². The van der Waals surface area contributed by atoms with Gasteiger partial charge in [0.25, 0.3) is 0 Å². The smallest absolute Gasteiger partial charge is 0.310 e. The molecule has 0 aliphatic carbocycles. The van der Waals surface area contributed by atoms with Crippen LogP contribution in [0.25, 0.3) is 0 Å². The third kappa shape index (κ3) is 3.98. The number of carbonyl (C=O) groups excluding carboxylic acids is 2. The van der Waals surface area contributed by atoms with Crippen LogP contribution in [0.5, 0.6) is 0 Å². The van der Waals surface area contributed by atoms with Crippen LogP contribution in [0.3, 0.4) is 0 Å². The van der Waals surface area contributed by atoms with E-state index >= 15 is 0 Å². The molecule has 6 nitrogen and oxygen atoms in total. The Morgan fingerprint density at radius 2 is 1.86 bits per heavy atom. The van der Waals surface area contributed by atoms with Crippen molar-refractivity contribution in [1.82, 2.24) is 0 Å². The van der Waals surface area contributed by atoms with Crippen LogP contribution in [0.15, 0.2) is 18.2 Å². The molecule has 2 amide bonds.